The highest BCUT2D eigenvalue weighted by Gasteiger charge is 2.01. The highest BCUT2D eigenvalue weighted by molar-refractivity contribution is 6.35. The van der Waals surface area contributed by atoms with E-state index in [0.29, 0.717) is 16.6 Å². The van der Waals surface area contributed by atoms with Crippen LogP contribution in [0, 0.1) is 0 Å². The summed E-state index contributed by atoms with van der Waals surface area (Å²) < 4.78 is 5.12. The van der Waals surface area contributed by atoms with Crippen LogP contribution in [0.25, 0.3) is 0 Å². The van der Waals surface area contributed by atoms with E-state index in [1.807, 2.05) is 36.4 Å². The Balaban J connectivity index is 0.00000200. The van der Waals surface area contributed by atoms with Crippen molar-refractivity contribution in [3.8, 4) is 5.75 Å². The Kier molecular flexibility index (Phi) is 7.17. The second-order valence-electron chi connectivity index (χ2n) is 4.19. The van der Waals surface area contributed by atoms with Crippen LogP contribution >= 0.6 is 35.6 Å². The van der Waals surface area contributed by atoms with Crippen LogP contribution < -0.4 is 10.1 Å². The summed E-state index contributed by atoms with van der Waals surface area (Å²) in [6.45, 7) is 1.49. The van der Waals surface area contributed by atoms with Crippen LogP contribution in [0.1, 0.15) is 11.1 Å². The van der Waals surface area contributed by atoms with Crippen LogP contribution in [0.15, 0.2) is 42.5 Å². The number of methoxy groups -OCH3 is 1. The summed E-state index contributed by atoms with van der Waals surface area (Å²) >= 11 is 12.0. The van der Waals surface area contributed by atoms with Crippen molar-refractivity contribution in [3.63, 3.8) is 0 Å². The fourth-order valence-electron chi connectivity index (χ4n) is 1.75. The van der Waals surface area contributed by atoms with Crippen LogP contribution in [-0.2, 0) is 13.1 Å². The van der Waals surface area contributed by atoms with E-state index in [4.69, 9.17) is 27.9 Å². The van der Waals surface area contributed by atoms with E-state index in [-0.39, 0.29) is 12.4 Å². The van der Waals surface area contributed by atoms with Gasteiger partial charge in [-0.05, 0) is 35.4 Å². The third kappa shape index (κ3) is 4.88. The zero-order valence-electron chi connectivity index (χ0n) is 11.0. The van der Waals surface area contributed by atoms with Crippen molar-refractivity contribution in [1.29, 1.82) is 0 Å². The molecule has 0 aliphatic rings. The van der Waals surface area contributed by atoms with E-state index >= 15 is 0 Å². The van der Waals surface area contributed by atoms with Crippen LogP contribution in [0.5, 0.6) is 5.75 Å². The van der Waals surface area contributed by atoms with E-state index in [1.165, 1.54) is 5.56 Å². The molecular weight excluding hydrogens is 317 g/mol. The fourth-order valence-corrected chi connectivity index (χ4v) is 2.23. The third-order valence-corrected chi connectivity index (χ3v) is 3.41. The Morgan fingerprint density at radius 3 is 2.30 bits per heavy atom. The van der Waals surface area contributed by atoms with E-state index in [2.05, 4.69) is 5.32 Å². The maximum atomic E-state index is 6.11. The van der Waals surface area contributed by atoms with Crippen molar-refractivity contribution < 1.29 is 4.74 Å². The number of hydrogen-bond donors (Lipinski definition) is 1. The molecule has 0 fully saturated rings. The van der Waals surface area contributed by atoms with Gasteiger partial charge in [0.25, 0.3) is 0 Å². The van der Waals surface area contributed by atoms with Crippen molar-refractivity contribution in [1.82, 2.24) is 5.32 Å². The molecule has 2 rings (SSSR count). The monoisotopic (exact) mass is 331 g/mol. The number of ether oxygens (including phenoxy) is 1. The van der Waals surface area contributed by atoms with Crippen LogP contribution in [-0.4, -0.2) is 7.11 Å². The zero-order valence-corrected chi connectivity index (χ0v) is 13.4. The quantitative estimate of drug-likeness (QED) is 0.856. The predicted molar refractivity (Wildman–Crippen MR) is 87.2 cm³/mol. The van der Waals surface area contributed by atoms with Crippen molar-refractivity contribution in [2.45, 2.75) is 13.1 Å². The molecular formula is C15H16Cl3NO. The molecule has 0 saturated heterocycles. The lowest BCUT2D eigenvalue weighted by atomic mass is 10.2. The highest BCUT2D eigenvalue weighted by Crippen LogP contribution is 2.20. The average molecular weight is 333 g/mol. The lowest BCUT2D eigenvalue weighted by Gasteiger charge is -2.08. The first kappa shape index (κ1) is 17.1. The van der Waals surface area contributed by atoms with E-state index in [0.717, 1.165) is 17.9 Å². The van der Waals surface area contributed by atoms with Gasteiger partial charge in [0.15, 0.2) is 0 Å². The van der Waals surface area contributed by atoms with Gasteiger partial charge < -0.3 is 10.1 Å². The maximum Gasteiger partial charge on any atom is 0.118 e. The summed E-state index contributed by atoms with van der Waals surface area (Å²) in [7, 11) is 1.66. The van der Waals surface area contributed by atoms with Gasteiger partial charge in [-0.25, -0.2) is 0 Å². The molecule has 0 spiro atoms. The first-order valence-electron chi connectivity index (χ1n) is 5.96. The second-order valence-corrected chi connectivity index (χ2v) is 5.03. The topological polar surface area (TPSA) is 21.3 Å². The standard InChI is InChI=1S/C15H15Cl2NO.ClH/c1-19-14-6-2-11(3-7-14)9-18-10-12-4-5-13(16)8-15(12)17;/h2-8,18H,9-10H2,1H3;1H. The lowest BCUT2D eigenvalue weighted by molar-refractivity contribution is 0.414. The van der Waals surface area contributed by atoms with Gasteiger partial charge in [-0.2, -0.15) is 0 Å². The minimum Gasteiger partial charge on any atom is -0.497 e. The van der Waals surface area contributed by atoms with Crippen LogP contribution in [0.4, 0.5) is 0 Å². The largest absolute Gasteiger partial charge is 0.497 e. The van der Waals surface area contributed by atoms with E-state index < -0.39 is 0 Å². The predicted octanol–water partition coefficient (Wildman–Crippen LogP) is 4.71. The van der Waals surface area contributed by atoms with Crippen molar-refractivity contribution in [3.05, 3.63) is 63.6 Å². The molecule has 0 saturated carbocycles. The van der Waals surface area contributed by atoms with Crippen molar-refractivity contribution in [2.24, 2.45) is 0 Å². The van der Waals surface area contributed by atoms with E-state index in [9.17, 15) is 0 Å². The van der Waals surface area contributed by atoms with Gasteiger partial charge in [-0.15, -0.1) is 12.4 Å². The van der Waals surface area contributed by atoms with Crippen LogP contribution in [0.2, 0.25) is 10.0 Å². The molecule has 1 N–H and O–H groups in total. The van der Waals surface area contributed by atoms with Gasteiger partial charge in [0, 0.05) is 23.1 Å². The third-order valence-electron chi connectivity index (χ3n) is 2.82. The Morgan fingerprint density at radius 1 is 1.00 bits per heavy atom. The number of nitrogens with one attached hydrogen (secondary N) is 1. The molecule has 0 atom stereocenters. The van der Waals surface area contributed by atoms with Crippen LogP contribution in [0.3, 0.4) is 0 Å². The molecule has 20 heavy (non-hydrogen) atoms. The molecule has 0 amide bonds. The van der Waals surface area contributed by atoms with Crippen molar-refractivity contribution >= 4 is 35.6 Å². The molecule has 108 valence electrons. The molecule has 0 unspecified atom stereocenters. The average Bonchev–Trinajstić information content (AvgIpc) is 2.42. The zero-order chi connectivity index (χ0) is 13.7. The van der Waals surface area contributed by atoms with Gasteiger partial charge in [0.1, 0.15) is 5.75 Å². The first-order chi connectivity index (χ1) is 9.19. The summed E-state index contributed by atoms with van der Waals surface area (Å²) in [6.07, 6.45) is 0. The minimum atomic E-state index is 0. The molecule has 2 aromatic rings. The number of rotatable bonds is 5. The molecule has 0 bridgehead atoms. The molecule has 2 aromatic carbocycles. The van der Waals surface area contributed by atoms with Gasteiger partial charge in [0.05, 0.1) is 7.11 Å². The SMILES string of the molecule is COc1ccc(CNCc2ccc(Cl)cc2Cl)cc1.Cl. The molecule has 0 aliphatic heterocycles. The van der Waals surface area contributed by atoms with E-state index in [1.54, 1.807) is 13.2 Å². The highest BCUT2D eigenvalue weighted by atomic mass is 35.5. The molecule has 2 nitrogen and oxygen atoms in total. The van der Waals surface area contributed by atoms with Gasteiger partial charge >= 0.3 is 0 Å². The second kappa shape index (κ2) is 8.38. The Bertz CT molecular complexity index is 543. The smallest absolute Gasteiger partial charge is 0.118 e. The Hall–Kier alpha value is -0.930. The number of benzene rings is 2. The van der Waals surface area contributed by atoms with Gasteiger partial charge in [0.2, 0.25) is 0 Å². The van der Waals surface area contributed by atoms with Gasteiger partial charge in [-0.1, -0.05) is 41.4 Å². The normalized spacial score (nSPS) is 9.95. The molecule has 5 heteroatoms. The minimum absolute atomic E-state index is 0. The molecule has 0 radical (unpaired) electrons. The summed E-state index contributed by atoms with van der Waals surface area (Å²) in [5, 5.41) is 4.69. The first-order valence-corrected chi connectivity index (χ1v) is 6.72. The summed E-state index contributed by atoms with van der Waals surface area (Å²) in [4.78, 5) is 0. The summed E-state index contributed by atoms with van der Waals surface area (Å²) in [5.74, 6) is 0.865. The lowest BCUT2D eigenvalue weighted by Crippen LogP contribution is -2.12. The van der Waals surface area contributed by atoms with Gasteiger partial charge in [-0.3, -0.25) is 0 Å². The summed E-state index contributed by atoms with van der Waals surface area (Å²) in [5.41, 5.74) is 2.24. The molecule has 0 heterocycles. The van der Waals surface area contributed by atoms with Crippen molar-refractivity contribution in [2.75, 3.05) is 7.11 Å². The Labute approximate surface area is 135 Å². The maximum absolute atomic E-state index is 6.11. The number of hydrogen-bond acceptors (Lipinski definition) is 2. The Morgan fingerprint density at radius 2 is 1.70 bits per heavy atom. The number of halogens is 3. The molecule has 0 aromatic heterocycles. The molecule has 0 aliphatic carbocycles. The summed E-state index contributed by atoms with van der Waals surface area (Å²) in [6, 6.07) is 13.5. The fraction of sp³-hybridized carbons (Fsp3) is 0.200.